The van der Waals surface area contributed by atoms with E-state index < -0.39 is 10.9 Å². The van der Waals surface area contributed by atoms with Crippen molar-refractivity contribution in [2.75, 3.05) is 0 Å². The van der Waals surface area contributed by atoms with Crippen LogP contribution in [0.5, 0.6) is 0 Å². The third-order valence-corrected chi connectivity index (χ3v) is 0.658. The number of nitrogens with one attached hydrogen (secondary N) is 1. The topological polar surface area (TPSA) is 46.2 Å². The van der Waals surface area contributed by atoms with E-state index in [0.717, 1.165) is 0 Å². The molecule has 3 nitrogen and oxygen atoms in total. The zero-order chi connectivity index (χ0) is 5.70. The first kappa shape index (κ1) is 6.65. The van der Waals surface area contributed by atoms with Gasteiger partial charge in [-0.05, 0) is 0 Å². The van der Waals surface area contributed by atoms with Crippen molar-refractivity contribution in [3.8, 4) is 0 Å². The van der Waals surface area contributed by atoms with Gasteiger partial charge in [0.2, 0.25) is 10.9 Å². The molecular weight excluding hydrogens is 114 g/mol. The monoisotopic (exact) mass is 120 g/mol. The summed E-state index contributed by atoms with van der Waals surface area (Å²) in [6, 6.07) is 0. The average molecular weight is 120 g/mol. The normalized spacial score (nSPS) is 9.29. The minimum Gasteiger partial charge on any atom is -0.215 e. The van der Waals surface area contributed by atoms with Crippen molar-refractivity contribution < 1.29 is 8.42 Å². The molecule has 0 saturated heterocycles. The fraction of sp³-hybridized carbons (Fsp3) is 0. The number of rotatable bonds is 3. The summed E-state index contributed by atoms with van der Waals surface area (Å²) in [4.78, 5) is 0. The van der Waals surface area contributed by atoms with E-state index in [9.17, 15) is 8.42 Å². The maximum absolute atomic E-state index is 9.61. The SMILES string of the molecule is C=C[CH]N[SH](=O)=O. The molecule has 4 heteroatoms. The predicted octanol–water partition coefficient (Wildman–Crippen LogP) is -0.550. The van der Waals surface area contributed by atoms with Gasteiger partial charge in [0.25, 0.3) is 0 Å². The third-order valence-electron chi connectivity index (χ3n) is 0.298. The highest BCUT2D eigenvalue weighted by molar-refractivity contribution is 7.70. The van der Waals surface area contributed by atoms with Gasteiger partial charge in [-0.2, -0.15) is 0 Å². The van der Waals surface area contributed by atoms with Crippen LogP contribution in [0.2, 0.25) is 0 Å². The summed E-state index contributed by atoms with van der Waals surface area (Å²) >= 11 is 0. The molecule has 0 bridgehead atoms. The molecule has 1 radical (unpaired) electrons. The smallest absolute Gasteiger partial charge is 0.202 e. The second kappa shape index (κ2) is 3.83. The molecule has 41 valence electrons. The first-order valence-electron chi connectivity index (χ1n) is 1.62. The highest BCUT2D eigenvalue weighted by Crippen LogP contribution is 1.64. The summed E-state index contributed by atoms with van der Waals surface area (Å²) in [7, 11) is -2.48. The van der Waals surface area contributed by atoms with Crippen molar-refractivity contribution in [3.05, 3.63) is 19.2 Å². The van der Waals surface area contributed by atoms with E-state index in [4.69, 9.17) is 0 Å². The highest BCUT2D eigenvalue weighted by atomic mass is 32.2. The Balaban J connectivity index is 3.14. The van der Waals surface area contributed by atoms with Crippen molar-refractivity contribution in [3.63, 3.8) is 0 Å². The zero-order valence-electron chi connectivity index (χ0n) is 3.63. The molecule has 0 aliphatic carbocycles. The maximum atomic E-state index is 9.61. The molecule has 0 rings (SSSR count). The van der Waals surface area contributed by atoms with Crippen molar-refractivity contribution in [2.45, 2.75) is 0 Å². The summed E-state index contributed by atoms with van der Waals surface area (Å²) in [5, 5.41) is 0. The van der Waals surface area contributed by atoms with E-state index in [2.05, 4.69) is 6.58 Å². The predicted molar refractivity (Wildman–Crippen MR) is 27.9 cm³/mol. The zero-order valence-corrected chi connectivity index (χ0v) is 4.52. The van der Waals surface area contributed by atoms with Gasteiger partial charge in [-0.25, -0.2) is 13.1 Å². The fourth-order valence-corrected chi connectivity index (χ4v) is 0.341. The Morgan fingerprint density at radius 2 is 2.14 bits per heavy atom. The summed E-state index contributed by atoms with van der Waals surface area (Å²) in [6.45, 7) is 4.49. The first-order chi connectivity index (χ1) is 3.27. The molecule has 0 unspecified atom stereocenters. The van der Waals surface area contributed by atoms with Gasteiger partial charge in [0, 0.05) is 0 Å². The van der Waals surface area contributed by atoms with Gasteiger partial charge >= 0.3 is 0 Å². The van der Waals surface area contributed by atoms with Crippen LogP contribution in [-0.2, 0) is 10.9 Å². The fourth-order valence-electron chi connectivity index (χ4n) is 0.114. The van der Waals surface area contributed by atoms with Crippen LogP contribution in [0, 0.1) is 6.54 Å². The molecule has 0 aliphatic rings. The lowest BCUT2D eigenvalue weighted by Gasteiger charge is -1.80. The Bertz CT molecular complexity index is 110. The van der Waals surface area contributed by atoms with E-state index in [1.807, 2.05) is 4.72 Å². The van der Waals surface area contributed by atoms with Crippen molar-refractivity contribution in [1.29, 1.82) is 0 Å². The molecule has 0 fully saturated rings. The van der Waals surface area contributed by atoms with Gasteiger partial charge in [-0.3, -0.25) is 0 Å². The molecule has 0 amide bonds. The van der Waals surface area contributed by atoms with Crippen LogP contribution in [-0.4, -0.2) is 8.42 Å². The van der Waals surface area contributed by atoms with Crippen LogP contribution in [0.4, 0.5) is 0 Å². The Morgan fingerprint density at radius 1 is 1.57 bits per heavy atom. The largest absolute Gasteiger partial charge is 0.215 e. The lowest BCUT2D eigenvalue weighted by Crippen LogP contribution is -2.03. The Morgan fingerprint density at radius 3 is 2.29 bits per heavy atom. The van der Waals surface area contributed by atoms with Crippen LogP contribution >= 0.6 is 0 Å². The molecule has 0 aliphatic heterocycles. The summed E-state index contributed by atoms with van der Waals surface area (Å²) in [6.07, 6.45) is 1.35. The molecule has 0 heterocycles. The minimum absolute atomic E-state index is 1.24. The third kappa shape index (κ3) is 5.65. The second-order valence-electron chi connectivity index (χ2n) is 0.789. The molecule has 0 spiro atoms. The van der Waals surface area contributed by atoms with Gasteiger partial charge in [-0.15, -0.1) is 6.58 Å². The van der Waals surface area contributed by atoms with Gasteiger partial charge < -0.3 is 0 Å². The van der Waals surface area contributed by atoms with Gasteiger partial charge in [0.15, 0.2) is 0 Å². The number of hydrogen-bond acceptors (Lipinski definition) is 2. The quantitative estimate of drug-likeness (QED) is 0.491. The Labute approximate surface area is 44.1 Å². The van der Waals surface area contributed by atoms with Crippen LogP contribution < -0.4 is 4.72 Å². The van der Waals surface area contributed by atoms with Gasteiger partial charge in [0.1, 0.15) is 0 Å². The van der Waals surface area contributed by atoms with Gasteiger partial charge in [-0.1, -0.05) is 6.08 Å². The van der Waals surface area contributed by atoms with Crippen molar-refractivity contribution in [2.24, 2.45) is 0 Å². The Hall–Kier alpha value is -0.350. The van der Waals surface area contributed by atoms with Crippen LogP contribution in [0.3, 0.4) is 0 Å². The lowest BCUT2D eigenvalue weighted by atomic mass is 10.7. The van der Waals surface area contributed by atoms with Crippen LogP contribution in [0.25, 0.3) is 0 Å². The van der Waals surface area contributed by atoms with E-state index in [-0.39, 0.29) is 0 Å². The van der Waals surface area contributed by atoms with Crippen LogP contribution in [0.1, 0.15) is 0 Å². The van der Waals surface area contributed by atoms with Gasteiger partial charge in [0.05, 0.1) is 6.54 Å². The first-order valence-corrected chi connectivity index (χ1v) is 2.80. The average Bonchev–Trinajstić information content (AvgIpc) is 1.61. The van der Waals surface area contributed by atoms with E-state index in [1.165, 1.54) is 12.6 Å². The maximum Gasteiger partial charge on any atom is 0.202 e. The highest BCUT2D eigenvalue weighted by Gasteiger charge is 1.74. The number of hydrogen-bond donors (Lipinski definition) is 2. The van der Waals surface area contributed by atoms with E-state index >= 15 is 0 Å². The molecule has 0 saturated carbocycles. The molecule has 0 aromatic heterocycles. The van der Waals surface area contributed by atoms with Crippen molar-refractivity contribution in [1.82, 2.24) is 4.72 Å². The molecule has 7 heavy (non-hydrogen) atoms. The summed E-state index contributed by atoms with van der Waals surface area (Å²) < 4.78 is 21.2. The molecule has 0 atom stereocenters. The van der Waals surface area contributed by atoms with Crippen LogP contribution in [0.15, 0.2) is 12.7 Å². The molecular formula is C3H6NO2S. The second-order valence-corrected chi connectivity index (χ2v) is 1.56. The summed E-state index contributed by atoms with van der Waals surface area (Å²) in [5.41, 5.74) is 0. The minimum atomic E-state index is -2.48. The Kier molecular flexibility index (Phi) is 3.64. The molecule has 0 aromatic rings. The summed E-state index contributed by atoms with van der Waals surface area (Å²) in [5.74, 6) is 0. The number of thiol groups is 1. The van der Waals surface area contributed by atoms with Crippen molar-refractivity contribution >= 4 is 10.9 Å². The van der Waals surface area contributed by atoms with E-state index in [1.54, 1.807) is 0 Å². The standard InChI is InChI=1S/C3H6NO2S/c1-2-3-4-7(5)6/h2-3,7H,1H2,(H,4,5,6). The van der Waals surface area contributed by atoms with E-state index in [0.29, 0.717) is 0 Å². The molecule has 0 aromatic carbocycles. The molecule has 1 N–H and O–H groups in total. The lowest BCUT2D eigenvalue weighted by molar-refractivity contribution is 0.608.